The Morgan fingerprint density at radius 2 is 2.08 bits per heavy atom. The highest BCUT2D eigenvalue weighted by Gasteiger charge is 2.33. The first-order chi connectivity index (χ1) is 6.42. The Labute approximate surface area is 85.8 Å². The van der Waals surface area contributed by atoms with Crippen molar-refractivity contribution in [1.29, 1.82) is 0 Å². The number of hydrogen-bond donors (Lipinski definition) is 0. The molecule has 0 aromatic carbocycles. The molecule has 0 spiro atoms. The maximum atomic E-state index is 5.56. The fraction of sp³-hybridized carbons (Fsp3) is 0.818. The van der Waals surface area contributed by atoms with E-state index in [9.17, 15) is 0 Å². The molecule has 1 saturated heterocycles. The Balaban J connectivity index is 1.93. The molecular formula is C11H18ClN. The predicted octanol–water partition coefficient (Wildman–Crippen LogP) is 3.00. The molecule has 1 heterocycles. The third-order valence-electron chi connectivity index (χ3n) is 3.54. The quantitative estimate of drug-likeness (QED) is 0.661. The van der Waals surface area contributed by atoms with Crippen molar-refractivity contribution in [3.8, 4) is 0 Å². The molecule has 74 valence electrons. The monoisotopic (exact) mass is 199 g/mol. The number of halogens is 1. The summed E-state index contributed by atoms with van der Waals surface area (Å²) in [5.74, 6) is 0.998. The summed E-state index contributed by atoms with van der Waals surface area (Å²) in [5, 5.41) is 0. The van der Waals surface area contributed by atoms with Crippen molar-refractivity contribution < 1.29 is 0 Å². The molecule has 2 rings (SSSR count). The average Bonchev–Trinajstić information content (AvgIpc) is 2.62. The number of rotatable bonds is 2. The van der Waals surface area contributed by atoms with Gasteiger partial charge in [-0.15, -0.1) is 0 Å². The van der Waals surface area contributed by atoms with E-state index < -0.39 is 0 Å². The normalized spacial score (nSPS) is 35.5. The van der Waals surface area contributed by atoms with Crippen molar-refractivity contribution in [3.63, 3.8) is 0 Å². The van der Waals surface area contributed by atoms with E-state index in [1.165, 1.54) is 38.6 Å². The molecule has 0 N–H and O–H groups in total. The first-order valence-corrected chi connectivity index (χ1v) is 5.84. The number of hydrogen-bond acceptors (Lipinski definition) is 1. The second kappa shape index (κ2) is 4.47. The summed E-state index contributed by atoms with van der Waals surface area (Å²) in [7, 11) is 0. The molecule has 1 aliphatic carbocycles. The molecule has 2 aliphatic rings. The molecule has 0 aromatic rings. The lowest BCUT2D eigenvalue weighted by Gasteiger charge is -2.37. The molecular weight excluding hydrogens is 182 g/mol. The number of piperidine rings is 1. The van der Waals surface area contributed by atoms with Gasteiger partial charge < -0.3 is 0 Å². The van der Waals surface area contributed by atoms with Gasteiger partial charge in [-0.05, 0) is 38.1 Å². The van der Waals surface area contributed by atoms with Crippen LogP contribution >= 0.6 is 11.6 Å². The summed E-state index contributed by atoms with van der Waals surface area (Å²) in [4.78, 5) is 2.61. The van der Waals surface area contributed by atoms with E-state index in [-0.39, 0.29) is 0 Å². The summed E-state index contributed by atoms with van der Waals surface area (Å²) in [6, 6.07) is 0.876. The van der Waals surface area contributed by atoms with Gasteiger partial charge in [0.1, 0.15) is 0 Å². The Bertz CT molecular complexity index is 191. The van der Waals surface area contributed by atoms with Crippen molar-refractivity contribution in [1.82, 2.24) is 4.90 Å². The van der Waals surface area contributed by atoms with Gasteiger partial charge in [0.05, 0.1) is 0 Å². The SMILES string of the molecule is Cl/C=C/CN1CCCC2CCCC21. The van der Waals surface area contributed by atoms with Crippen LogP contribution in [0.2, 0.25) is 0 Å². The van der Waals surface area contributed by atoms with Crippen molar-refractivity contribution in [2.45, 2.75) is 38.1 Å². The highest BCUT2D eigenvalue weighted by atomic mass is 35.5. The molecule has 1 saturated carbocycles. The zero-order valence-corrected chi connectivity index (χ0v) is 8.84. The van der Waals surface area contributed by atoms with E-state index in [0.717, 1.165) is 18.5 Å². The van der Waals surface area contributed by atoms with Crippen molar-refractivity contribution in [2.24, 2.45) is 5.92 Å². The average molecular weight is 200 g/mol. The summed E-state index contributed by atoms with van der Waals surface area (Å²) >= 11 is 5.56. The molecule has 0 radical (unpaired) electrons. The van der Waals surface area contributed by atoms with Gasteiger partial charge in [0.25, 0.3) is 0 Å². The van der Waals surface area contributed by atoms with Gasteiger partial charge in [0, 0.05) is 18.1 Å². The van der Waals surface area contributed by atoms with Crippen LogP contribution in [0.25, 0.3) is 0 Å². The molecule has 0 aromatic heterocycles. The predicted molar refractivity (Wildman–Crippen MR) is 56.9 cm³/mol. The summed E-state index contributed by atoms with van der Waals surface area (Å²) < 4.78 is 0. The molecule has 0 bridgehead atoms. The largest absolute Gasteiger partial charge is 0.296 e. The van der Waals surface area contributed by atoms with Gasteiger partial charge >= 0.3 is 0 Å². The van der Waals surface area contributed by atoms with Gasteiger partial charge in [0.15, 0.2) is 0 Å². The maximum absolute atomic E-state index is 5.56. The Kier molecular flexibility index (Phi) is 3.28. The Hall–Kier alpha value is -0.0100. The van der Waals surface area contributed by atoms with Gasteiger partial charge in [-0.25, -0.2) is 0 Å². The van der Waals surface area contributed by atoms with Crippen LogP contribution in [0.3, 0.4) is 0 Å². The Morgan fingerprint density at radius 3 is 2.92 bits per heavy atom. The summed E-state index contributed by atoms with van der Waals surface area (Å²) in [6.45, 7) is 2.34. The van der Waals surface area contributed by atoms with Crippen LogP contribution in [0.15, 0.2) is 11.6 Å². The summed E-state index contributed by atoms with van der Waals surface area (Å²) in [5.41, 5.74) is 1.65. The molecule has 2 unspecified atom stereocenters. The highest BCUT2D eigenvalue weighted by Crippen LogP contribution is 2.36. The molecule has 2 fully saturated rings. The first-order valence-electron chi connectivity index (χ1n) is 5.41. The van der Waals surface area contributed by atoms with E-state index in [1.807, 2.05) is 0 Å². The van der Waals surface area contributed by atoms with E-state index >= 15 is 0 Å². The minimum atomic E-state index is 0.876. The van der Waals surface area contributed by atoms with Gasteiger partial charge in [-0.2, -0.15) is 0 Å². The van der Waals surface area contributed by atoms with Crippen molar-refractivity contribution in [2.75, 3.05) is 13.1 Å². The van der Waals surface area contributed by atoms with Gasteiger partial charge in [-0.1, -0.05) is 24.1 Å². The van der Waals surface area contributed by atoms with Crippen LogP contribution in [0.5, 0.6) is 0 Å². The third-order valence-corrected chi connectivity index (χ3v) is 3.72. The van der Waals surface area contributed by atoms with Crippen molar-refractivity contribution >= 4 is 11.6 Å². The van der Waals surface area contributed by atoms with E-state index in [1.54, 1.807) is 5.54 Å². The van der Waals surface area contributed by atoms with E-state index in [4.69, 9.17) is 11.6 Å². The van der Waals surface area contributed by atoms with Gasteiger partial charge in [-0.3, -0.25) is 4.90 Å². The number of nitrogens with zero attached hydrogens (tertiary/aromatic N) is 1. The molecule has 1 aliphatic heterocycles. The highest BCUT2D eigenvalue weighted by molar-refractivity contribution is 6.25. The van der Waals surface area contributed by atoms with Crippen LogP contribution < -0.4 is 0 Å². The maximum Gasteiger partial charge on any atom is 0.0177 e. The molecule has 1 nitrogen and oxygen atoms in total. The fourth-order valence-corrected chi connectivity index (χ4v) is 3.04. The zero-order chi connectivity index (χ0) is 9.10. The second-order valence-electron chi connectivity index (χ2n) is 4.26. The van der Waals surface area contributed by atoms with Crippen LogP contribution in [0.1, 0.15) is 32.1 Å². The zero-order valence-electron chi connectivity index (χ0n) is 8.08. The topological polar surface area (TPSA) is 3.24 Å². The molecule has 2 atom stereocenters. The third kappa shape index (κ3) is 2.08. The minimum Gasteiger partial charge on any atom is -0.296 e. The molecule has 13 heavy (non-hydrogen) atoms. The second-order valence-corrected chi connectivity index (χ2v) is 4.51. The minimum absolute atomic E-state index is 0.876. The lowest BCUT2D eigenvalue weighted by Crippen LogP contribution is -2.42. The molecule has 0 amide bonds. The number of likely N-dealkylation sites (tertiary alicyclic amines) is 1. The lowest BCUT2D eigenvalue weighted by molar-refractivity contribution is 0.127. The standard InChI is InChI=1S/C11H18ClN/c12-7-3-9-13-8-2-5-10-4-1-6-11(10)13/h3,7,10-11H,1-2,4-6,8-9H2/b7-3+. The van der Waals surface area contributed by atoms with Crippen molar-refractivity contribution in [3.05, 3.63) is 11.6 Å². The van der Waals surface area contributed by atoms with Crippen LogP contribution in [0, 0.1) is 5.92 Å². The lowest BCUT2D eigenvalue weighted by atomic mass is 9.92. The van der Waals surface area contributed by atoms with E-state index in [2.05, 4.69) is 11.0 Å². The van der Waals surface area contributed by atoms with Crippen LogP contribution in [0.4, 0.5) is 0 Å². The number of fused-ring (bicyclic) bond motifs is 1. The first kappa shape index (κ1) is 9.54. The van der Waals surface area contributed by atoms with Crippen LogP contribution in [-0.2, 0) is 0 Å². The molecule has 2 heteroatoms. The van der Waals surface area contributed by atoms with Crippen LogP contribution in [-0.4, -0.2) is 24.0 Å². The smallest absolute Gasteiger partial charge is 0.0177 e. The van der Waals surface area contributed by atoms with E-state index in [0.29, 0.717) is 0 Å². The Morgan fingerprint density at radius 1 is 1.23 bits per heavy atom. The van der Waals surface area contributed by atoms with Gasteiger partial charge in [0.2, 0.25) is 0 Å². The summed E-state index contributed by atoms with van der Waals surface area (Å²) in [6.07, 6.45) is 9.24. The fourth-order valence-electron chi connectivity index (χ4n) is 2.96.